The van der Waals surface area contributed by atoms with Gasteiger partial charge in [-0.1, -0.05) is 19.3 Å². The van der Waals surface area contributed by atoms with Crippen LogP contribution in [0, 0.1) is 5.41 Å². The molecule has 226 valence electrons. The SMILES string of the molecule is CC(C)(C)C(=O)OCOC(=O)Nc1ncnn2c([C@]3(C)O[C@H](COC(=O)CC4(N)CCCCC4)[C@@H](O)[C@H]3O)ccc12. The maximum Gasteiger partial charge on any atom is 0.415 e. The Bertz CT molecular complexity index is 1270. The summed E-state index contributed by atoms with van der Waals surface area (Å²) in [6, 6.07) is 3.20. The van der Waals surface area contributed by atoms with Crippen LogP contribution in [0.4, 0.5) is 10.6 Å². The van der Waals surface area contributed by atoms with Gasteiger partial charge >= 0.3 is 18.0 Å². The minimum Gasteiger partial charge on any atom is -0.463 e. The van der Waals surface area contributed by atoms with Crippen molar-refractivity contribution in [2.24, 2.45) is 11.1 Å². The van der Waals surface area contributed by atoms with E-state index >= 15 is 0 Å². The number of aliphatic hydroxyl groups excluding tert-OH is 2. The highest BCUT2D eigenvalue weighted by Gasteiger charge is 2.54. The number of nitrogens with zero attached hydrogens (tertiary/aromatic N) is 3. The van der Waals surface area contributed by atoms with Gasteiger partial charge in [-0.3, -0.25) is 14.9 Å². The third-order valence-electron chi connectivity index (χ3n) is 7.59. The molecule has 1 saturated heterocycles. The molecule has 0 spiro atoms. The molecule has 2 aromatic rings. The summed E-state index contributed by atoms with van der Waals surface area (Å²) in [5.74, 6) is -0.930. The zero-order chi connectivity index (χ0) is 30.0. The van der Waals surface area contributed by atoms with Crippen molar-refractivity contribution < 1.29 is 43.5 Å². The number of carbonyl (C=O) groups excluding carboxylic acids is 3. The van der Waals surface area contributed by atoms with Crippen molar-refractivity contribution >= 4 is 29.4 Å². The molecule has 3 heterocycles. The molecule has 1 aliphatic heterocycles. The molecule has 1 aliphatic carbocycles. The Balaban J connectivity index is 1.40. The maximum absolute atomic E-state index is 12.5. The van der Waals surface area contributed by atoms with Crippen LogP contribution in [0.5, 0.6) is 0 Å². The van der Waals surface area contributed by atoms with Crippen LogP contribution < -0.4 is 11.1 Å². The van der Waals surface area contributed by atoms with Gasteiger partial charge in [-0.15, -0.1) is 0 Å². The minimum atomic E-state index is -1.45. The van der Waals surface area contributed by atoms with Gasteiger partial charge in [0.15, 0.2) is 5.82 Å². The zero-order valence-corrected chi connectivity index (χ0v) is 23.8. The van der Waals surface area contributed by atoms with E-state index in [1.54, 1.807) is 39.8 Å². The fraction of sp³-hybridized carbons (Fsp3) is 0.667. The molecular formula is C27H39N5O9. The molecule has 4 atom stereocenters. The van der Waals surface area contributed by atoms with Crippen molar-refractivity contribution in [1.82, 2.24) is 14.6 Å². The smallest absolute Gasteiger partial charge is 0.415 e. The van der Waals surface area contributed by atoms with Crippen LogP contribution in [0.3, 0.4) is 0 Å². The number of nitrogens with two attached hydrogens (primary N) is 1. The van der Waals surface area contributed by atoms with Crippen molar-refractivity contribution in [2.75, 3.05) is 18.7 Å². The number of rotatable bonds is 8. The molecular weight excluding hydrogens is 538 g/mol. The van der Waals surface area contributed by atoms with Crippen molar-refractivity contribution in [2.45, 2.75) is 95.7 Å². The molecule has 5 N–H and O–H groups in total. The van der Waals surface area contributed by atoms with Gasteiger partial charge in [-0.25, -0.2) is 14.3 Å². The molecule has 14 heteroatoms. The number of aliphatic hydroxyl groups is 2. The summed E-state index contributed by atoms with van der Waals surface area (Å²) in [6.07, 6.45) is 1.14. The number of anilines is 1. The number of hydrogen-bond acceptors (Lipinski definition) is 12. The first-order valence-corrected chi connectivity index (χ1v) is 13.7. The Morgan fingerprint density at radius 3 is 2.54 bits per heavy atom. The molecule has 0 bridgehead atoms. The van der Waals surface area contributed by atoms with Crippen molar-refractivity contribution in [3.8, 4) is 0 Å². The van der Waals surface area contributed by atoms with Crippen molar-refractivity contribution in [3.05, 3.63) is 24.2 Å². The molecule has 14 nitrogen and oxygen atoms in total. The van der Waals surface area contributed by atoms with Crippen LogP contribution >= 0.6 is 0 Å². The number of esters is 2. The lowest BCUT2D eigenvalue weighted by Crippen LogP contribution is -2.44. The fourth-order valence-electron chi connectivity index (χ4n) is 5.17. The van der Waals surface area contributed by atoms with Gasteiger partial charge in [0.05, 0.1) is 17.5 Å². The zero-order valence-electron chi connectivity index (χ0n) is 23.8. The minimum absolute atomic E-state index is 0.0765. The second-order valence-corrected chi connectivity index (χ2v) is 12.0. The van der Waals surface area contributed by atoms with Crippen LogP contribution in [0.25, 0.3) is 5.52 Å². The van der Waals surface area contributed by atoms with Crippen molar-refractivity contribution in [3.63, 3.8) is 0 Å². The summed E-state index contributed by atoms with van der Waals surface area (Å²) in [7, 11) is 0. The first-order valence-electron chi connectivity index (χ1n) is 13.7. The summed E-state index contributed by atoms with van der Waals surface area (Å²) in [4.78, 5) is 40.7. The Morgan fingerprint density at radius 2 is 1.85 bits per heavy atom. The third-order valence-corrected chi connectivity index (χ3v) is 7.59. The van der Waals surface area contributed by atoms with E-state index in [2.05, 4.69) is 15.4 Å². The van der Waals surface area contributed by atoms with Crippen LogP contribution in [-0.4, -0.2) is 80.1 Å². The lowest BCUT2D eigenvalue weighted by molar-refractivity contribution is -0.161. The first-order chi connectivity index (χ1) is 19.2. The summed E-state index contributed by atoms with van der Waals surface area (Å²) in [6.45, 7) is 5.75. The number of fused-ring (bicyclic) bond motifs is 1. The highest BCUT2D eigenvalue weighted by molar-refractivity contribution is 5.88. The number of hydrogen-bond donors (Lipinski definition) is 4. The predicted octanol–water partition coefficient (Wildman–Crippen LogP) is 1.76. The number of amides is 1. The molecule has 2 aliphatic rings. The highest BCUT2D eigenvalue weighted by Crippen LogP contribution is 2.40. The summed E-state index contributed by atoms with van der Waals surface area (Å²) in [5.41, 5.74) is 4.27. The maximum atomic E-state index is 12.5. The largest absolute Gasteiger partial charge is 0.463 e. The van der Waals surface area contributed by atoms with Gasteiger partial charge in [0, 0.05) is 5.54 Å². The fourth-order valence-corrected chi connectivity index (χ4v) is 5.17. The normalized spacial score (nSPS) is 26.0. The standard InChI is InChI=1S/C27H39N5O9/c1-25(2,3)23(36)39-15-40-24(37)31-22-16-8-9-18(32(16)30-14-29-22)26(4)21(35)20(34)17(41-26)13-38-19(33)12-27(28)10-6-5-7-11-27/h8-9,14,17,20-21,34-35H,5-7,10-13,15,28H2,1-4H3,(H,29,30,31,37)/t17-,20-,21-,26+/m1/s1. The molecule has 2 fully saturated rings. The van der Waals surface area contributed by atoms with Gasteiger partial charge < -0.3 is 34.9 Å². The molecule has 0 aromatic carbocycles. The number of aromatic nitrogens is 3. The van der Waals surface area contributed by atoms with Crippen LogP contribution in [-0.2, 0) is 34.1 Å². The van der Waals surface area contributed by atoms with E-state index in [9.17, 15) is 24.6 Å². The number of nitrogens with one attached hydrogen (secondary N) is 1. The Hall–Kier alpha value is -3.33. The predicted molar refractivity (Wildman–Crippen MR) is 143 cm³/mol. The molecule has 2 aromatic heterocycles. The lowest BCUT2D eigenvalue weighted by Gasteiger charge is -2.32. The van der Waals surface area contributed by atoms with Gasteiger partial charge in [-0.05, 0) is 52.7 Å². The van der Waals surface area contributed by atoms with Gasteiger partial charge in [0.25, 0.3) is 0 Å². The van der Waals surface area contributed by atoms with E-state index in [-0.39, 0.29) is 18.8 Å². The Kier molecular flexibility index (Phi) is 8.87. The van der Waals surface area contributed by atoms with E-state index in [1.807, 2.05) is 0 Å². The average molecular weight is 578 g/mol. The molecule has 1 saturated carbocycles. The lowest BCUT2D eigenvalue weighted by atomic mass is 9.80. The van der Waals surface area contributed by atoms with Gasteiger partial charge in [0.2, 0.25) is 6.79 Å². The van der Waals surface area contributed by atoms with E-state index in [0.717, 1.165) is 32.1 Å². The monoisotopic (exact) mass is 577 g/mol. The molecule has 0 unspecified atom stereocenters. The number of carbonyl (C=O) groups is 3. The summed E-state index contributed by atoms with van der Waals surface area (Å²) >= 11 is 0. The topological polar surface area (TPSA) is 197 Å². The molecule has 41 heavy (non-hydrogen) atoms. The van der Waals surface area contributed by atoms with Crippen LogP contribution in [0.15, 0.2) is 18.5 Å². The second-order valence-electron chi connectivity index (χ2n) is 12.0. The Labute approximate surface area is 237 Å². The average Bonchev–Trinajstić information content (AvgIpc) is 3.44. The van der Waals surface area contributed by atoms with Crippen LogP contribution in [0.2, 0.25) is 0 Å². The van der Waals surface area contributed by atoms with E-state index in [0.29, 0.717) is 11.2 Å². The van der Waals surface area contributed by atoms with E-state index < -0.39 is 59.7 Å². The number of ether oxygens (including phenoxy) is 4. The van der Waals surface area contributed by atoms with Gasteiger partial charge in [0.1, 0.15) is 42.4 Å². The molecule has 4 rings (SSSR count). The van der Waals surface area contributed by atoms with Gasteiger partial charge in [-0.2, -0.15) is 5.10 Å². The summed E-state index contributed by atoms with van der Waals surface area (Å²) in [5, 5.41) is 28.4. The van der Waals surface area contributed by atoms with E-state index in [1.165, 1.54) is 10.8 Å². The highest BCUT2D eigenvalue weighted by atomic mass is 16.7. The third kappa shape index (κ3) is 6.77. The quantitative estimate of drug-likeness (QED) is 0.262. The molecule has 0 radical (unpaired) electrons. The van der Waals surface area contributed by atoms with Crippen LogP contribution in [0.1, 0.15) is 71.9 Å². The summed E-state index contributed by atoms with van der Waals surface area (Å²) < 4.78 is 22.7. The van der Waals surface area contributed by atoms with E-state index in [4.69, 9.17) is 24.7 Å². The Morgan fingerprint density at radius 1 is 1.15 bits per heavy atom. The second kappa shape index (κ2) is 11.9. The first kappa shape index (κ1) is 30.6. The molecule has 1 amide bonds. The van der Waals surface area contributed by atoms with Crippen molar-refractivity contribution in [1.29, 1.82) is 0 Å².